The number of hydrogen-bond acceptors (Lipinski definition) is 4. The zero-order valence-electron chi connectivity index (χ0n) is 10.5. The maximum Gasteiger partial charge on any atom is 0.312 e. The van der Waals surface area contributed by atoms with Crippen LogP contribution in [0, 0.1) is 29.9 Å². The Morgan fingerprint density at radius 3 is 2.59 bits per heavy atom. The minimum Gasteiger partial charge on any atom is -0.262 e. The summed E-state index contributed by atoms with van der Waals surface area (Å²) in [7, 11) is 0. The predicted molar refractivity (Wildman–Crippen MR) is 70.6 cm³/mol. The Morgan fingerprint density at radius 1 is 1.53 bits per heavy atom. The van der Waals surface area contributed by atoms with Gasteiger partial charge in [-0.3, -0.25) is 14.8 Å². The van der Waals surface area contributed by atoms with E-state index in [1.807, 2.05) is 0 Å². The predicted octanol–water partition coefficient (Wildman–Crippen LogP) is 2.75. The molecular formula is C11H19N3O2S. The first-order chi connectivity index (χ1) is 8.01. The van der Waals surface area contributed by atoms with Crippen molar-refractivity contribution in [3.05, 3.63) is 21.5 Å². The van der Waals surface area contributed by atoms with Crippen LogP contribution in [0.4, 0.5) is 5.69 Å². The molecule has 0 saturated carbocycles. The van der Waals surface area contributed by atoms with Crippen molar-refractivity contribution in [3.8, 4) is 0 Å². The number of hydrogen-bond donors (Lipinski definition) is 1. The van der Waals surface area contributed by atoms with Crippen molar-refractivity contribution < 1.29 is 4.92 Å². The van der Waals surface area contributed by atoms with E-state index in [4.69, 9.17) is 0 Å². The monoisotopic (exact) mass is 257 g/mol. The van der Waals surface area contributed by atoms with Gasteiger partial charge in [0.25, 0.3) is 0 Å². The van der Waals surface area contributed by atoms with E-state index in [-0.39, 0.29) is 10.6 Å². The summed E-state index contributed by atoms with van der Waals surface area (Å²) in [6, 6.07) is 0. The van der Waals surface area contributed by atoms with Crippen molar-refractivity contribution in [2.45, 2.75) is 40.2 Å². The fourth-order valence-electron chi connectivity index (χ4n) is 2.02. The van der Waals surface area contributed by atoms with Crippen LogP contribution in [-0.4, -0.2) is 20.5 Å². The molecule has 0 N–H and O–H groups in total. The molecule has 0 aliphatic carbocycles. The summed E-state index contributed by atoms with van der Waals surface area (Å²) >= 11 is 4.31. The lowest BCUT2D eigenvalue weighted by atomic mass is 10.1. The van der Waals surface area contributed by atoms with Crippen molar-refractivity contribution in [2.24, 2.45) is 5.92 Å². The molecule has 1 rings (SSSR count). The molecule has 6 heteroatoms. The Kier molecular flexibility index (Phi) is 4.99. The number of rotatable bonds is 6. The van der Waals surface area contributed by atoms with Gasteiger partial charge in [0, 0.05) is 6.54 Å². The van der Waals surface area contributed by atoms with E-state index in [9.17, 15) is 10.1 Å². The molecule has 0 saturated heterocycles. The largest absolute Gasteiger partial charge is 0.312 e. The molecule has 0 radical (unpaired) electrons. The maximum absolute atomic E-state index is 10.9. The molecule has 0 bridgehead atoms. The molecule has 1 aromatic rings. The number of thiol groups is 1. The van der Waals surface area contributed by atoms with Gasteiger partial charge >= 0.3 is 5.69 Å². The molecule has 5 nitrogen and oxygen atoms in total. The van der Waals surface area contributed by atoms with Gasteiger partial charge in [-0.15, -0.1) is 0 Å². The van der Waals surface area contributed by atoms with Gasteiger partial charge in [-0.05, 0) is 31.9 Å². The average Bonchev–Trinajstić information content (AvgIpc) is 2.53. The second-order valence-corrected chi connectivity index (χ2v) is 4.66. The van der Waals surface area contributed by atoms with E-state index in [2.05, 4.69) is 24.7 Å². The summed E-state index contributed by atoms with van der Waals surface area (Å²) < 4.78 is 1.74. The molecular weight excluding hydrogens is 238 g/mol. The van der Waals surface area contributed by atoms with Crippen molar-refractivity contribution >= 4 is 18.3 Å². The van der Waals surface area contributed by atoms with Crippen molar-refractivity contribution in [1.82, 2.24) is 9.78 Å². The summed E-state index contributed by atoms with van der Waals surface area (Å²) in [5, 5.41) is 15.1. The smallest absolute Gasteiger partial charge is 0.262 e. The molecule has 96 valence electrons. The number of nitrogens with zero attached hydrogens (tertiary/aromatic N) is 3. The van der Waals surface area contributed by atoms with E-state index in [0.29, 0.717) is 23.9 Å². The van der Waals surface area contributed by atoms with Crippen LogP contribution in [0.5, 0.6) is 0 Å². The molecule has 1 atom stereocenters. The zero-order chi connectivity index (χ0) is 13.0. The lowest BCUT2D eigenvalue weighted by Gasteiger charge is -2.13. The molecule has 1 unspecified atom stereocenters. The highest BCUT2D eigenvalue weighted by atomic mass is 32.1. The SMILES string of the molecule is CCCC(CS)Cn1nc(C)c([N+](=O)[O-])c1C. The average molecular weight is 257 g/mol. The number of aryl methyl sites for hydroxylation is 1. The van der Waals surface area contributed by atoms with Crippen molar-refractivity contribution in [1.29, 1.82) is 0 Å². The van der Waals surface area contributed by atoms with E-state index >= 15 is 0 Å². The van der Waals surface area contributed by atoms with Gasteiger partial charge in [0.15, 0.2) is 0 Å². The van der Waals surface area contributed by atoms with Gasteiger partial charge in [-0.1, -0.05) is 13.3 Å². The molecule has 17 heavy (non-hydrogen) atoms. The zero-order valence-corrected chi connectivity index (χ0v) is 11.4. The Bertz CT molecular complexity index is 404. The molecule has 0 aromatic carbocycles. The van der Waals surface area contributed by atoms with Gasteiger partial charge < -0.3 is 0 Å². The summed E-state index contributed by atoms with van der Waals surface area (Å²) in [6.07, 6.45) is 2.16. The highest BCUT2D eigenvalue weighted by molar-refractivity contribution is 7.80. The third-order valence-electron chi connectivity index (χ3n) is 2.91. The normalized spacial score (nSPS) is 12.7. The van der Waals surface area contributed by atoms with Crippen molar-refractivity contribution in [3.63, 3.8) is 0 Å². The summed E-state index contributed by atoms with van der Waals surface area (Å²) in [6.45, 7) is 6.26. The van der Waals surface area contributed by atoms with E-state index in [1.54, 1.807) is 18.5 Å². The van der Waals surface area contributed by atoms with Gasteiger partial charge in [-0.2, -0.15) is 17.7 Å². The quantitative estimate of drug-likeness (QED) is 0.484. The van der Waals surface area contributed by atoms with Crippen LogP contribution in [0.3, 0.4) is 0 Å². The van der Waals surface area contributed by atoms with Gasteiger partial charge in [-0.25, -0.2) is 0 Å². The third kappa shape index (κ3) is 3.21. The minimum atomic E-state index is -0.357. The summed E-state index contributed by atoms with van der Waals surface area (Å²) in [4.78, 5) is 10.5. The molecule has 1 aromatic heterocycles. The van der Waals surface area contributed by atoms with Gasteiger partial charge in [0.1, 0.15) is 11.4 Å². The fourth-order valence-corrected chi connectivity index (χ4v) is 2.32. The molecule has 0 amide bonds. The number of nitro groups is 1. The Labute approximate surface area is 107 Å². The first-order valence-electron chi connectivity index (χ1n) is 5.80. The topological polar surface area (TPSA) is 61.0 Å². The molecule has 0 fully saturated rings. The Balaban J connectivity index is 2.92. The maximum atomic E-state index is 10.9. The van der Waals surface area contributed by atoms with E-state index in [1.165, 1.54) is 0 Å². The van der Waals surface area contributed by atoms with E-state index in [0.717, 1.165) is 18.6 Å². The fraction of sp³-hybridized carbons (Fsp3) is 0.727. The first kappa shape index (κ1) is 14.0. The standard InChI is InChI=1S/C11H19N3O2S/c1-4-5-10(7-17)6-13-9(3)11(14(15)16)8(2)12-13/h10,17H,4-7H2,1-3H3. The van der Waals surface area contributed by atoms with Gasteiger partial charge in [0.2, 0.25) is 0 Å². The van der Waals surface area contributed by atoms with E-state index < -0.39 is 0 Å². The molecule has 0 spiro atoms. The minimum absolute atomic E-state index is 0.138. The summed E-state index contributed by atoms with van der Waals surface area (Å²) in [5.41, 5.74) is 1.26. The number of aromatic nitrogens is 2. The van der Waals surface area contributed by atoms with Crippen molar-refractivity contribution in [2.75, 3.05) is 5.75 Å². The van der Waals surface area contributed by atoms with Crippen LogP contribution in [0.15, 0.2) is 0 Å². The molecule has 1 heterocycles. The third-order valence-corrected chi connectivity index (χ3v) is 3.43. The highest BCUT2D eigenvalue weighted by Gasteiger charge is 2.22. The molecule has 0 aliphatic rings. The van der Waals surface area contributed by atoms with Crippen LogP contribution in [0.2, 0.25) is 0 Å². The second kappa shape index (κ2) is 6.05. The first-order valence-corrected chi connectivity index (χ1v) is 6.43. The van der Waals surface area contributed by atoms with Crippen LogP contribution >= 0.6 is 12.6 Å². The van der Waals surface area contributed by atoms with Gasteiger partial charge in [0.05, 0.1) is 4.92 Å². The Morgan fingerprint density at radius 2 is 2.18 bits per heavy atom. The van der Waals surface area contributed by atoms with Crippen LogP contribution in [0.1, 0.15) is 31.2 Å². The second-order valence-electron chi connectivity index (χ2n) is 4.30. The van der Waals surface area contributed by atoms with Crippen LogP contribution < -0.4 is 0 Å². The van der Waals surface area contributed by atoms with Crippen LogP contribution in [0.25, 0.3) is 0 Å². The lowest BCUT2D eigenvalue weighted by molar-refractivity contribution is -0.386. The highest BCUT2D eigenvalue weighted by Crippen LogP contribution is 2.23. The summed E-state index contributed by atoms with van der Waals surface area (Å²) in [5.74, 6) is 1.20. The van der Waals surface area contributed by atoms with Crippen LogP contribution in [-0.2, 0) is 6.54 Å². The lowest BCUT2D eigenvalue weighted by Crippen LogP contribution is -2.14. The molecule has 0 aliphatic heterocycles. The Hall–Kier alpha value is -1.04.